The van der Waals surface area contributed by atoms with Gasteiger partial charge in [-0.25, -0.2) is 0 Å². The number of carbonyl (C=O) groups excluding carboxylic acids is 1. The van der Waals surface area contributed by atoms with Gasteiger partial charge in [0.15, 0.2) is 0 Å². The van der Waals surface area contributed by atoms with Gasteiger partial charge in [0.25, 0.3) is 0 Å². The van der Waals surface area contributed by atoms with E-state index in [1.54, 1.807) is 6.07 Å². The predicted molar refractivity (Wildman–Crippen MR) is 106 cm³/mol. The molecule has 0 saturated heterocycles. The standard InChI is InChI=1S/C20H16Cl2O2S/c1-13(15-8-2-3-9-16(15)21)24-19(23)12-25-18-11-5-7-14-6-4-10-17(22)20(14)18/h2-11,13H,12H2,1H3/t13-/m1/s1. The lowest BCUT2D eigenvalue weighted by molar-refractivity contribution is -0.145. The van der Waals surface area contributed by atoms with Crippen molar-refractivity contribution >= 4 is 51.7 Å². The minimum atomic E-state index is -0.391. The molecule has 0 amide bonds. The molecule has 1 atom stereocenters. The lowest BCUT2D eigenvalue weighted by Gasteiger charge is -2.15. The molecule has 0 bridgehead atoms. The summed E-state index contributed by atoms with van der Waals surface area (Å²) in [6.07, 6.45) is -0.391. The molecule has 0 unspecified atom stereocenters. The average molecular weight is 391 g/mol. The fourth-order valence-corrected chi connectivity index (χ4v) is 4.14. The molecule has 0 aliphatic heterocycles. The van der Waals surface area contributed by atoms with Crippen molar-refractivity contribution < 1.29 is 9.53 Å². The third-order valence-corrected chi connectivity index (χ3v) is 5.50. The van der Waals surface area contributed by atoms with Crippen molar-refractivity contribution in [2.24, 2.45) is 0 Å². The highest BCUT2D eigenvalue weighted by atomic mass is 35.5. The van der Waals surface area contributed by atoms with E-state index in [2.05, 4.69) is 0 Å². The molecule has 0 fully saturated rings. The van der Waals surface area contributed by atoms with Gasteiger partial charge in [-0.3, -0.25) is 4.79 Å². The Morgan fingerprint density at radius 2 is 1.68 bits per heavy atom. The van der Waals surface area contributed by atoms with Crippen LogP contribution in [0.5, 0.6) is 0 Å². The van der Waals surface area contributed by atoms with Crippen molar-refractivity contribution in [1.82, 2.24) is 0 Å². The van der Waals surface area contributed by atoms with Gasteiger partial charge in [0, 0.05) is 25.9 Å². The van der Waals surface area contributed by atoms with E-state index in [1.807, 2.05) is 61.5 Å². The quantitative estimate of drug-likeness (QED) is 0.365. The van der Waals surface area contributed by atoms with Gasteiger partial charge in [-0.2, -0.15) is 0 Å². The minimum absolute atomic E-state index is 0.207. The largest absolute Gasteiger partial charge is 0.457 e. The van der Waals surface area contributed by atoms with E-state index < -0.39 is 6.10 Å². The first-order chi connectivity index (χ1) is 12.1. The second-order valence-corrected chi connectivity index (χ2v) is 7.37. The summed E-state index contributed by atoms with van der Waals surface area (Å²) in [5, 5.41) is 3.29. The van der Waals surface area contributed by atoms with Gasteiger partial charge in [-0.05, 0) is 30.5 Å². The Morgan fingerprint density at radius 1 is 1.00 bits per heavy atom. The first-order valence-electron chi connectivity index (χ1n) is 7.80. The van der Waals surface area contributed by atoms with Crippen molar-refractivity contribution in [2.45, 2.75) is 17.9 Å². The Hall–Kier alpha value is -1.68. The van der Waals surface area contributed by atoms with Crippen LogP contribution in [0.1, 0.15) is 18.6 Å². The third-order valence-electron chi connectivity index (χ3n) is 3.81. The Morgan fingerprint density at radius 3 is 2.44 bits per heavy atom. The topological polar surface area (TPSA) is 26.3 Å². The second kappa shape index (κ2) is 8.13. The van der Waals surface area contributed by atoms with Crippen molar-refractivity contribution in [3.63, 3.8) is 0 Å². The highest BCUT2D eigenvalue weighted by molar-refractivity contribution is 8.00. The van der Waals surface area contributed by atoms with E-state index >= 15 is 0 Å². The Labute approximate surface area is 161 Å². The van der Waals surface area contributed by atoms with E-state index in [-0.39, 0.29) is 11.7 Å². The number of thioether (sulfide) groups is 1. The Balaban J connectivity index is 1.68. The van der Waals surface area contributed by atoms with E-state index in [0.717, 1.165) is 21.2 Å². The van der Waals surface area contributed by atoms with Gasteiger partial charge in [0.05, 0.1) is 5.75 Å². The van der Waals surface area contributed by atoms with Gasteiger partial charge in [-0.15, -0.1) is 11.8 Å². The first-order valence-corrected chi connectivity index (χ1v) is 9.54. The number of carbonyl (C=O) groups is 1. The van der Waals surface area contributed by atoms with Crippen LogP contribution in [0, 0.1) is 0 Å². The zero-order valence-electron chi connectivity index (χ0n) is 13.5. The second-order valence-electron chi connectivity index (χ2n) is 5.54. The maximum absolute atomic E-state index is 12.2. The lowest BCUT2D eigenvalue weighted by atomic mass is 10.1. The molecule has 0 saturated carbocycles. The number of rotatable bonds is 5. The van der Waals surface area contributed by atoms with Crippen LogP contribution in [0.3, 0.4) is 0 Å². The van der Waals surface area contributed by atoms with Crippen molar-refractivity contribution in [3.05, 3.63) is 76.3 Å². The maximum atomic E-state index is 12.2. The molecule has 3 aromatic rings. The number of esters is 1. The van der Waals surface area contributed by atoms with Crippen LogP contribution in [-0.4, -0.2) is 11.7 Å². The molecule has 0 radical (unpaired) electrons. The fraction of sp³-hybridized carbons (Fsp3) is 0.150. The lowest BCUT2D eigenvalue weighted by Crippen LogP contribution is -2.11. The summed E-state index contributed by atoms with van der Waals surface area (Å²) in [6, 6.07) is 19.1. The van der Waals surface area contributed by atoms with Crippen molar-refractivity contribution in [2.75, 3.05) is 5.75 Å². The normalized spacial score (nSPS) is 12.1. The molecule has 3 rings (SSSR count). The number of ether oxygens (including phenoxy) is 1. The number of hydrogen-bond acceptors (Lipinski definition) is 3. The molecule has 0 aliphatic carbocycles. The molecule has 0 spiro atoms. The van der Waals surface area contributed by atoms with E-state index in [0.29, 0.717) is 10.0 Å². The highest BCUT2D eigenvalue weighted by Crippen LogP contribution is 2.33. The predicted octanol–water partition coefficient (Wildman–Crippen LogP) is 6.54. The molecular formula is C20H16Cl2O2S. The molecule has 128 valence electrons. The van der Waals surface area contributed by atoms with Crippen LogP contribution < -0.4 is 0 Å². The third kappa shape index (κ3) is 4.30. The number of fused-ring (bicyclic) bond motifs is 1. The van der Waals surface area contributed by atoms with Gasteiger partial charge in [0.1, 0.15) is 6.10 Å². The minimum Gasteiger partial charge on any atom is -0.457 e. The molecular weight excluding hydrogens is 375 g/mol. The van der Waals surface area contributed by atoms with Crippen LogP contribution in [-0.2, 0) is 9.53 Å². The van der Waals surface area contributed by atoms with Gasteiger partial charge in [-0.1, -0.05) is 65.7 Å². The molecule has 25 heavy (non-hydrogen) atoms. The summed E-state index contributed by atoms with van der Waals surface area (Å²) in [4.78, 5) is 13.2. The van der Waals surface area contributed by atoms with Gasteiger partial charge in [0.2, 0.25) is 0 Å². The molecule has 0 N–H and O–H groups in total. The van der Waals surface area contributed by atoms with Crippen LogP contribution in [0.15, 0.2) is 65.6 Å². The summed E-state index contributed by atoms with van der Waals surface area (Å²) in [7, 11) is 0. The number of hydrogen-bond donors (Lipinski definition) is 0. The summed E-state index contributed by atoms with van der Waals surface area (Å²) in [5.74, 6) is -0.0828. The number of halogens is 2. The molecule has 5 heteroatoms. The summed E-state index contributed by atoms with van der Waals surface area (Å²) >= 11 is 13.9. The molecule has 2 nitrogen and oxygen atoms in total. The molecule has 0 heterocycles. The van der Waals surface area contributed by atoms with Crippen LogP contribution >= 0.6 is 35.0 Å². The molecule has 3 aromatic carbocycles. The molecule has 0 aromatic heterocycles. The van der Waals surface area contributed by atoms with Crippen LogP contribution in [0.25, 0.3) is 10.8 Å². The SMILES string of the molecule is C[C@@H](OC(=O)CSc1cccc2cccc(Cl)c12)c1ccccc1Cl. The zero-order chi connectivity index (χ0) is 17.8. The highest BCUT2D eigenvalue weighted by Gasteiger charge is 2.15. The zero-order valence-corrected chi connectivity index (χ0v) is 15.9. The first kappa shape index (κ1) is 18.1. The van der Waals surface area contributed by atoms with E-state index in [4.69, 9.17) is 27.9 Å². The smallest absolute Gasteiger partial charge is 0.316 e. The summed E-state index contributed by atoms with van der Waals surface area (Å²) < 4.78 is 5.50. The monoisotopic (exact) mass is 390 g/mol. The van der Waals surface area contributed by atoms with Gasteiger partial charge < -0.3 is 4.74 Å². The Kier molecular flexibility index (Phi) is 5.89. The van der Waals surface area contributed by atoms with Crippen LogP contribution in [0.2, 0.25) is 10.0 Å². The summed E-state index contributed by atoms with van der Waals surface area (Å²) in [6.45, 7) is 1.82. The fourth-order valence-electron chi connectivity index (χ4n) is 2.62. The maximum Gasteiger partial charge on any atom is 0.316 e. The summed E-state index contributed by atoms with van der Waals surface area (Å²) in [5.41, 5.74) is 0.802. The van der Waals surface area contributed by atoms with E-state index in [9.17, 15) is 4.79 Å². The van der Waals surface area contributed by atoms with Gasteiger partial charge >= 0.3 is 5.97 Å². The Bertz CT molecular complexity index is 906. The molecule has 0 aliphatic rings. The van der Waals surface area contributed by atoms with Crippen LogP contribution in [0.4, 0.5) is 0 Å². The van der Waals surface area contributed by atoms with Crippen molar-refractivity contribution in [3.8, 4) is 0 Å². The number of benzene rings is 3. The van der Waals surface area contributed by atoms with E-state index in [1.165, 1.54) is 11.8 Å². The van der Waals surface area contributed by atoms with Crippen molar-refractivity contribution in [1.29, 1.82) is 0 Å². The average Bonchev–Trinajstić information content (AvgIpc) is 2.60.